The first-order chi connectivity index (χ1) is 8.24. The van der Waals surface area contributed by atoms with Crippen LogP contribution >= 0.6 is 0 Å². The normalized spacial score (nSPS) is 9.71. The zero-order valence-electron chi connectivity index (χ0n) is 9.11. The number of halogens is 1. The second-order valence-corrected chi connectivity index (χ2v) is 3.33. The number of nitriles is 1. The molecule has 2 rings (SSSR count). The van der Waals surface area contributed by atoms with E-state index in [0.717, 1.165) is 0 Å². The van der Waals surface area contributed by atoms with E-state index in [1.54, 1.807) is 19.2 Å². The topological polar surface area (TPSA) is 61.6 Å². The molecule has 0 aliphatic rings. The van der Waals surface area contributed by atoms with Crippen molar-refractivity contribution < 1.29 is 4.39 Å². The molecule has 4 nitrogen and oxygen atoms in total. The second-order valence-electron chi connectivity index (χ2n) is 3.33. The third-order valence-corrected chi connectivity index (χ3v) is 2.23. The van der Waals surface area contributed by atoms with Crippen molar-refractivity contribution in [2.24, 2.45) is 0 Å². The van der Waals surface area contributed by atoms with Crippen LogP contribution in [0, 0.1) is 17.1 Å². The van der Waals surface area contributed by atoms with Crippen LogP contribution in [0.5, 0.6) is 0 Å². The highest BCUT2D eigenvalue weighted by Gasteiger charge is 2.09. The van der Waals surface area contributed by atoms with Crippen molar-refractivity contribution in [3.05, 3.63) is 41.8 Å². The predicted octanol–water partition coefficient (Wildman–Crippen LogP) is 2.20. The van der Waals surface area contributed by atoms with Crippen LogP contribution in [0.2, 0.25) is 0 Å². The van der Waals surface area contributed by atoms with E-state index >= 15 is 0 Å². The van der Waals surface area contributed by atoms with Gasteiger partial charge >= 0.3 is 0 Å². The van der Waals surface area contributed by atoms with Crippen LogP contribution in [-0.4, -0.2) is 17.0 Å². The Labute approximate surface area is 97.8 Å². The highest BCUT2D eigenvalue weighted by atomic mass is 19.1. The van der Waals surface area contributed by atoms with E-state index in [-0.39, 0.29) is 5.82 Å². The van der Waals surface area contributed by atoms with Gasteiger partial charge in [-0.2, -0.15) is 5.26 Å². The first-order valence-electron chi connectivity index (χ1n) is 4.95. The molecule has 0 aliphatic heterocycles. The molecule has 0 radical (unpaired) electrons. The van der Waals surface area contributed by atoms with Gasteiger partial charge in [-0.05, 0) is 12.1 Å². The van der Waals surface area contributed by atoms with Crippen LogP contribution in [-0.2, 0) is 0 Å². The number of aromatic nitrogens is 2. The molecule has 0 saturated carbocycles. The maximum Gasteiger partial charge on any atom is 0.223 e. The van der Waals surface area contributed by atoms with Crippen LogP contribution < -0.4 is 5.32 Å². The van der Waals surface area contributed by atoms with Crippen LogP contribution in [0.1, 0.15) is 5.56 Å². The molecular formula is C12H9FN4. The molecule has 2 aromatic rings. The molecule has 84 valence electrons. The summed E-state index contributed by atoms with van der Waals surface area (Å²) in [6.07, 6.45) is 1.42. The van der Waals surface area contributed by atoms with Crippen LogP contribution in [0.4, 0.5) is 10.3 Å². The smallest absolute Gasteiger partial charge is 0.223 e. The molecule has 0 saturated heterocycles. The van der Waals surface area contributed by atoms with E-state index in [0.29, 0.717) is 22.8 Å². The van der Waals surface area contributed by atoms with Gasteiger partial charge in [0.25, 0.3) is 0 Å². The highest BCUT2D eigenvalue weighted by molar-refractivity contribution is 5.67. The number of rotatable bonds is 2. The van der Waals surface area contributed by atoms with Crippen molar-refractivity contribution >= 4 is 5.95 Å². The molecular weight excluding hydrogens is 219 g/mol. The lowest BCUT2D eigenvalue weighted by Crippen LogP contribution is -1.99. The Morgan fingerprint density at radius 3 is 2.88 bits per heavy atom. The monoisotopic (exact) mass is 228 g/mol. The van der Waals surface area contributed by atoms with Gasteiger partial charge in [-0.1, -0.05) is 12.1 Å². The third-order valence-electron chi connectivity index (χ3n) is 2.23. The molecule has 1 aromatic carbocycles. The molecule has 0 atom stereocenters. The van der Waals surface area contributed by atoms with Crippen LogP contribution in [0.3, 0.4) is 0 Å². The minimum absolute atomic E-state index is 0.314. The lowest BCUT2D eigenvalue weighted by atomic mass is 10.1. The average Bonchev–Trinajstić information content (AvgIpc) is 2.38. The van der Waals surface area contributed by atoms with Crippen molar-refractivity contribution in [1.29, 1.82) is 5.26 Å². The van der Waals surface area contributed by atoms with Gasteiger partial charge in [-0.3, -0.25) is 0 Å². The molecule has 0 amide bonds. The van der Waals surface area contributed by atoms with Crippen LogP contribution in [0.15, 0.2) is 30.5 Å². The Morgan fingerprint density at radius 2 is 2.24 bits per heavy atom. The number of hydrogen-bond donors (Lipinski definition) is 1. The molecule has 1 N–H and O–H groups in total. The van der Waals surface area contributed by atoms with Gasteiger partial charge in [-0.15, -0.1) is 0 Å². The Morgan fingerprint density at radius 1 is 1.41 bits per heavy atom. The zero-order valence-corrected chi connectivity index (χ0v) is 9.11. The van der Waals surface area contributed by atoms with Crippen molar-refractivity contribution in [2.45, 2.75) is 0 Å². The summed E-state index contributed by atoms with van der Waals surface area (Å²) in [5.41, 5.74) is 1.29. The highest BCUT2D eigenvalue weighted by Crippen LogP contribution is 2.22. The van der Waals surface area contributed by atoms with E-state index in [1.165, 1.54) is 18.3 Å². The number of benzene rings is 1. The van der Waals surface area contributed by atoms with Gasteiger partial charge < -0.3 is 5.32 Å². The first kappa shape index (κ1) is 11.0. The Balaban J connectivity index is 2.61. The molecule has 0 unspecified atom stereocenters. The Bertz CT molecular complexity index is 589. The Hall–Kier alpha value is -2.48. The number of nitrogens with one attached hydrogen (secondary N) is 1. The minimum Gasteiger partial charge on any atom is -0.357 e. The van der Waals surface area contributed by atoms with E-state index in [1.807, 2.05) is 6.07 Å². The first-order valence-corrected chi connectivity index (χ1v) is 4.95. The Kier molecular flexibility index (Phi) is 2.97. The van der Waals surface area contributed by atoms with E-state index in [9.17, 15) is 4.39 Å². The van der Waals surface area contributed by atoms with E-state index < -0.39 is 0 Å². The fraction of sp³-hybridized carbons (Fsp3) is 0.0833. The van der Waals surface area contributed by atoms with E-state index in [4.69, 9.17) is 5.26 Å². The molecule has 0 bridgehead atoms. The summed E-state index contributed by atoms with van der Waals surface area (Å²) in [4.78, 5) is 8.10. The van der Waals surface area contributed by atoms with Gasteiger partial charge in [0, 0.05) is 12.6 Å². The lowest BCUT2D eigenvalue weighted by molar-refractivity contribution is 0.628. The van der Waals surface area contributed by atoms with Crippen molar-refractivity contribution in [3.63, 3.8) is 0 Å². The van der Waals surface area contributed by atoms with Crippen LogP contribution in [0.25, 0.3) is 11.3 Å². The summed E-state index contributed by atoms with van der Waals surface area (Å²) in [6, 6.07) is 7.94. The molecule has 17 heavy (non-hydrogen) atoms. The summed E-state index contributed by atoms with van der Waals surface area (Å²) >= 11 is 0. The second kappa shape index (κ2) is 4.58. The van der Waals surface area contributed by atoms with Gasteiger partial charge in [0.15, 0.2) is 0 Å². The summed E-state index contributed by atoms with van der Waals surface area (Å²) in [5.74, 6) is 0.0271. The summed E-state index contributed by atoms with van der Waals surface area (Å²) in [5, 5.41) is 11.7. The van der Waals surface area contributed by atoms with Gasteiger partial charge in [0.1, 0.15) is 11.9 Å². The molecule has 1 heterocycles. The molecule has 5 heteroatoms. The van der Waals surface area contributed by atoms with E-state index in [2.05, 4.69) is 15.3 Å². The van der Waals surface area contributed by atoms with Gasteiger partial charge in [0.05, 0.1) is 17.5 Å². The van der Waals surface area contributed by atoms with Gasteiger partial charge in [-0.25, -0.2) is 14.4 Å². The fourth-order valence-electron chi connectivity index (χ4n) is 1.44. The summed E-state index contributed by atoms with van der Waals surface area (Å²) in [7, 11) is 1.68. The minimum atomic E-state index is -0.365. The number of hydrogen-bond acceptors (Lipinski definition) is 4. The van der Waals surface area contributed by atoms with Gasteiger partial charge in [0.2, 0.25) is 5.95 Å². The quantitative estimate of drug-likeness (QED) is 0.855. The van der Waals surface area contributed by atoms with Crippen molar-refractivity contribution in [1.82, 2.24) is 9.97 Å². The maximum absolute atomic E-state index is 13.1. The SMILES string of the molecule is CNc1ncc(C#N)c(-c2cccc(F)c2)n1. The predicted molar refractivity (Wildman–Crippen MR) is 61.7 cm³/mol. The fourth-order valence-corrected chi connectivity index (χ4v) is 1.44. The third kappa shape index (κ3) is 2.21. The molecule has 1 aromatic heterocycles. The number of anilines is 1. The van der Waals surface area contributed by atoms with Crippen molar-refractivity contribution in [2.75, 3.05) is 12.4 Å². The largest absolute Gasteiger partial charge is 0.357 e. The summed E-state index contributed by atoms with van der Waals surface area (Å²) in [6.45, 7) is 0. The molecule has 0 fully saturated rings. The standard InChI is InChI=1S/C12H9FN4/c1-15-12-16-7-9(6-14)11(17-12)8-3-2-4-10(13)5-8/h2-5,7H,1H3,(H,15,16,17). The maximum atomic E-state index is 13.1. The molecule has 0 aliphatic carbocycles. The average molecular weight is 228 g/mol. The summed E-state index contributed by atoms with van der Waals surface area (Å²) < 4.78 is 13.1. The molecule has 0 spiro atoms. The van der Waals surface area contributed by atoms with Crippen molar-refractivity contribution in [3.8, 4) is 17.3 Å². The zero-order chi connectivity index (χ0) is 12.3. The lowest BCUT2D eigenvalue weighted by Gasteiger charge is -2.05. The number of nitrogens with zero attached hydrogens (tertiary/aromatic N) is 3.